The van der Waals surface area contributed by atoms with Gasteiger partial charge in [0, 0.05) is 18.2 Å². The summed E-state index contributed by atoms with van der Waals surface area (Å²) in [5.41, 5.74) is 0.575. The highest BCUT2D eigenvalue weighted by Gasteiger charge is 2.32. The van der Waals surface area contributed by atoms with Gasteiger partial charge in [-0.3, -0.25) is 9.59 Å². The molecule has 0 aromatic heterocycles. The highest BCUT2D eigenvalue weighted by Crippen LogP contribution is 2.24. The van der Waals surface area contributed by atoms with Crippen LogP contribution in [0.25, 0.3) is 0 Å². The van der Waals surface area contributed by atoms with Crippen LogP contribution in [-0.4, -0.2) is 41.1 Å². The lowest BCUT2D eigenvalue weighted by Crippen LogP contribution is -2.47. The number of carboxylic acid groups (broad SMARTS) is 1. The molecule has 0 saturated carbocycles. The number of likely N-dealkylation sites (tertiary alicyclic amines) is 1. The molecule has 126 valence electrons. The van der Waals surface area contributed by atoms with Crippen molar-refractivity contribution in [1.29, 1.82) is 0 Å². The zero-order valence-electron chi connectivity index (χ0n) is 13.8. The summed E-state index contributed by atoms with van der Waals surface area (Å²) in [5.74, 6) is -0.644. The Labute approximate surface area is 137 Å². The largest absolute Gasteiger partial charge is 0.494 e. The number of hydrogen-bond acceptors (Lipinski definition) is 3. The van der Waals surface area contributed by atoms with Crippen LogP contribution in [0.5, 0.6) is 5.75 Å². The first-order valence-corrected chi connectivity index (χ1v) is 8.29. The van der Waals surface area contributed by atoms with E-state index in [4.69, 9.17) is 4.74 Å². The fourth-order valence-corrected chi connectivity index (χ4v) is 2.79. The van der Waals surface area contributed by atoms with Crippen LogP contribution in [0.15, 0.2) is 24.3 Å². The number of aliphatic carboxylic acids is 1. The third-order valence-electron chi connectivity index (χ3n) is 4.36. The maximum absolute atomic E-state index is 12.6. The average molecular weight is 319 g/mol. The van der Waals surface area contributed by atoms with Gasteiger partial charge >= 0.3 is 5.97 Å². The number of benzene rings is 1. The normalized spacial score (nSPS) is 21.0. The van der Waals surface area contributed by atoms with Crippen LogP contribution in [0.1, 0.15) is 49.9 Å². The van der Waals surface area contributed by atoms with E-state index in [2.05, 4.69) is 6.92 Å². The SMILES string of the molecule is CCCCOc1ccc(C(=O)N2CC(C(=O)O)CCC2C)cc1. The molecule has 0 radical (unpaired) electrons. The van der Waals surface area contributed by atoms with Gasteiger partial charge in [0.1, 0.15) is 5.75 Å². The van der Waals surface area contributed by atoms with E-state index in [1.807, 2.05) is 6.92 Å². The highest BCUT2D eigenvalue weighted by atomic mass is 16.5. The maximum Gasteiger partial charge on any atom is 0.308 e. The number of ether oxygens (including phenoxy) is 1. The topological polar surface area (TPSA) is 66.8 Å². The van der Waals surface area contributed by atoms with Crippen molar-refractivity contribution in [3.05, 3.63) is 29.8 Å². The molecule has 1 fully saturated rings. The van der Waals surface area contributed by atoms with Gasteiger partial charge in [0.05, 0.1) is 12.5 Å². The molecular weight excluding hydrogens is 294 g/mol. The van der Waals surface area contributed by atoms with Crippen molar-refractivity contribution in [2.24, 2.45) is 5.92 Å². The Hall–Kier alpha value is -2.04. The molecule has 2 atom stereocenters. The van der Waals surface area contributed by atoms with Crippen LogP contribution < -0.4 is 4.74 Å². The van der Waals surface area contributed by atoms with Crippen molar-refractivity contribution >= 4 is 11.9 Å². The predicted molar refractivity (Wildman–Crippen MR) is 87.7 cm³/mol. The Morgan fingerprint density at radius 2 is 1.96 bits per heavy atom. The summed E-state index contributed by atoms with van der Waals surface area (Å²) in [6.07, 6.45) is 3.43. The van der Waals surface area contributed by atoms with Gasteiger partial charge in [0.25, 0.3) is 5.91 Å². The monoisotopic (exact) mass is 319 g/mol. The lowest BCUT2D eigenvalue weighted by Gasteiger charge is -2.36. The van der Waals surface area contributed by atoms with Crippen molar-refractivity contribution < 1.29 is 19.4 Å². The molecule has 23 heavy (non-hydrogen) atoms. The summed E-state index contributed by atoms with van der Waals surface area (Å²) in [7, 11) is 0. The number of piperidine rings is 1. The minimum Gasteiger partial charge on any atom is -0.494 e. The van der Waals surface area contributed by atoms with Crippen molar-refractivity contribution in [3.63, 3.8) is 0 Å². The minimum atomic E-state index is -0.825. The number of carbonyl (C=O) groups excluding carboxylic acids is 1. The summed E-state index contributed by atoms with van der Waals surface area (Å²) >= 11 is 0. The molecule has 1 heterocycles. The lowest BCUT2D eigenvalue weighted by atomic mass is 9.93. The van der Waals surface area contributed by atoms with Crippen molar-refractivity contribution in [3.8, 4) is 5.75 Å². The summed E-state index contributed by atoms with van der Waals surface area (Å²) in [6, 6.07) is 7.17. The third-order valence-corrected chi connectivity index (χ3v) is 4.36. The van der Waals surface area contributed by atoms with E-state index in [0.29, 0.717) is 18.6 Å². The molecule has 0 aliphatic carbocycles. The number of carbonyl (C=O) groups is 2. The molecule has 2 rings (SSSR count). The van der Waals surface area contributed by atoms with Gasteiger partial charge in [-0.25, -0.2) is 0 Å². The quantitative estimate of drug-likeness (QED) is 0.818. The zero-order chi connectivity index (χ0) is 16.8. The predicted octanol–water partition coefficient (Wildman–Crippen LogP) is 3.19. The summed E-state index contributed by atoms with van der Waals surface area (Å²) in [5, 5.41) is 9.18. The summed E-state index contributed by atoms with van der Waals surface area (Å²) < 4.78 is 5.59. The second kappa shape index (κ2) is 7.99. The van der Waals surface area contributed by atoms with E-state index in [1.54, 1.807) is 29.2 Å². The smallest absolute Gasteiger partial charge is 0.308 e. The van der Waals surface area contributed by atoms with E-state index in [-0.39, 0.29) is 18.5 Å². The average Bonchev–Trinajstić information content (AvgIpc) is 2.55. The highest BCUT2D eigenvalue weighted by molar-refractivity contribution is 5.95. The first-order chi connectivity index (χ1) is 11.0. The van der Waals surface area contributed by atoms with Crippen molar-refractivity contribution in [1.82, 2.24) is 4.90 Å². The Kier molecular flexibility index (Phi) is 6.02. The van der Waals surface area contributed by atoms with E-state index in [9.17, 15) is 14.7 Å². The molecule has 5 nitrogen and oxygen atoms in total. The van der Waals surface area contributed by atoms with Crippen molar-refractivity contribution in [2.75, 3.05) is 13.2 Å². The first-order valence-electron chi connectivity index (χ1n) is 8.29. The molecule has 1 aromatic rings. The number of unbranched alkanes of at least 4 members (excludes halogenated alkanes) is 1. The fourth-order valence-electron chi connectivity index (χ4n) is 2.79. The number of carboxylic acids is 1. The van der Waals surface area contributed by atoms with Crippen LogP contribution >= 0.6 is 0 Å². The molecule has 1 aliphatic heterocycles. The standard InChI is InChI=1S/C18H25NO4/c1-3-4-11-23-16-9-7-14(8-10-16)17(20)19-12-15(18(21)22)6-5-13(19)2/h7-10,13,15H,3-6,11-12H2,1-2H3,(H,21,22). The molecule has 1 amide bonds. The second-order valence-electron chi connectivity index (χ2n) is 6.15. The summed E-state index contributed by atoms with van der Waals surface area (Å²) in [4.78, 5) is 25.5. The van der Waals surface area contributed by atoms with Crippen LogP contribution in [0.3, 0.4) is 0 Å². The molecule has 5 heteroatoms. The van der Waals surface area contributed by atoms with Gasteiger partial charge in [-0.2, -0.15) is 0 Å². The maximum atomic E-state index is 12.6. The Morgan fingerprint density at radius 3 is 2.57 bits per heavy atom. The van der Waals surface area contributed by atoms with Gasteiger partial charge in [0.2, 0.25) is 0 Å². The van der Waals surface area contributed by atoms with E-state index in [1.165, 1.54) is 0 Å². The molecule has 2 unspecified atom stereocenters. The van der Waals surface area contributed by atoms with Gasteiger partial charge in [-0.1, -0.05) is 13.3 Å². The van der Waals surface area contributed by atoms with Crippen LogP contribution in [0, 0.1) is 5.92 Å². The third kappa shape index (κ3) is 4.47. The number of amides is 1. The van der Waals surface area contributed by atoms with E-state index >= 15 is 0 Å². The fraction of sp³-hybridized carbons (Fsp3) is 0.556. The van der Waals surface area contributed by atoms with E-state index < -0.39 is 11.9 Å². The zero-order valence-corrected chi connectivity index (χ0v) is 13.8. The van der Waals surface area contributed by atoms with E-state index in [0.717, 1.165) is 25.0 Å². The van der Waals surface area contributed by atoms with Crippen LogP contribution in [0.4, 0.5) is 0 Å². The molecule has 1 saturated heterocycles. The molecule has 1 N–H and O–H groups in total. The Morgan fingerprint density at radius 1 is 1.26 bits per heavy atom. The van der Waals surface area contributed by atoms with Crippen LogP contribution in [0.2, 0.25) is 0 Å². The minimum absolute atomic E-state index is 0.0681. The van der Waals surface area contributed by atoms with Gasteiger partial charge < -0.3 is 14.7 Å². The first kappa shape index (κ1) is 17.3. The lowest BCUT2D eigenvalue weighted by molar-refractivity contribution is -0.143. The van der Waals surface area contributed by atoms with Gasteiger partial charge in [-0.05, 0) is 50.5 Å². The molecule has 1 aliphatic rings. The molecule has 0 spiro atoms. The van der Waals surface area contributed by atoms with Crippen LogP contribution in [-0.2, 0) is 4.79 Å². The Balaban J connectivity index is 2.02. The molecular formula is C18H25NO4. The van der Waals surface area contributed by atoms with Gasteiger partial charge in [0.15, 0.2) is 0 Å². The molecule has 1 aromatic carbocycles. The Bertz CT molecular complexity index is 540. The molecule has 0 bridgehead atoms. The second-order valence-corrected chi connectivity index (χ2v) is 6.15. The number of rotatable bonds is 6. The summed E-state index contributed by atoms with van der Waals surface area (Å²) in [6.45, 7) is 5.03. The number of hydrogen-bond donors (Lipinski definition) is 1. The number of nitrogens with zero attached hydrogens (tertiary/aromatic N) is 1. The van der Waals surface area contributed by atoms with Gasteiger partial charge in [-0.15, -0.1) is 0 Å². The van der Waals surface area contributed by atoms with Crippen molar-refractivity contribution in [2.45, 2.75) is 45.6 Å².